The fourth-order valence-electron chi connectivity index (χ4n) is 2.09. The van der Waals surface area contributed by atoms with Gasteiger partial charge in [-0.2, -0.15) is 4.72 Å². The van der Waals surface area contributed by atoms with Crippen molar-refractivity contribution >= 4 is 31.7 Å². The number of fused-ring (bicyclic) bond motifs is 6. The number of carbonyl (C=O) groups excluding carboxylic acids is 1. The van der Waals surface area contributed by atoms with E-state index in [0.717, 1.165) is 5.56 Å². The molecule has 2 aliphatic rings. The van der Waals surface area contributed by atoms with Gasteiger partial charge in [-0.25, -0.2) is 8.42 Å². The summed E-state index contributed by atoms with van der Waals surface area (Å²) in [5.41, 5.74) is 1.12. The van der Waals surface area contributed by atoms with Crippen molar-refractivity contribution in [3.63, 3.8) is 0 Å². The first-order chi connectivity index (χ1) is 10.5. The summed E-state index contributed by atoms with van der Waals surface area (Å²) in [6.07, 6.45) is 0. The van der Waals surface area contributed by atoms with Crippen molar-refractivity contribution in [3.05, 3.63) is 59.7 Å². The largest absolute Gasteiger partial charge is 0.489 e. The van der Waals surface area contributed by atoms with E-state index in [1.165, 1.54) is 12.1 Å². The molecule has 5 nitrogen and oxygen atoms in total. The third-order valence-electron chi connectivity index (χ3n) is 3.24. The summed E-state index contributed by atoms with van der Waals surface area (Å²) in [7, 11) is -3.80. The van der Waals surface area contributed by atoms with Crippen molar-refractivity contribution in [2.24, 2.45) is 0 Å². The molecule has 2 aromatic rings. The van der Waals surface area contributed by atoms with Gasteiger partial charge in [-0.05, 0) is 42.0 Å². The molecule has 4 rings (SSSR count). The number of nitrogens with one attached hydrogen (secondary N) is 1. The minimum Gasteiger partial charge on any atom is -0.489 e. The number of ketones is 1. The number of halogens is 1. The highest BCUT2D eigenvalue weighted by molar-refractivity contribution is 9.10. The molecule has 22 heavy (non-hydrogen) atoms. The van der Waals surface area contributed by atoms with E-state index in [1.54, 1.807) is 36.4 Å². The van der Waals surface area contributed by atoms with Gasteiger partial charge in [0, 0.05) is 5.56 Å². The second-order valence-corrected chi connectivity index (χ2v) is 7.44. The van der Waals surface area contributed by atoms with E-state index in [0.29, 0.717) is 11.3 Å². The van der Waals surface area contributed by atoms with Crippen LogP contribution in [0.1, 0.15) is 15.9 Å². The lowest BCUT2D eigenvalue weighted by atomic mass is 10.1. The van der Waals surface area contributed by atoms with Crippen molar-refractivity contribution < 1.29 is 17.9 Å². The van der Waals surface area contributed by atoms with Crippen molar-refractivity contribution in [1.29, 1.82) is 0 Å². The van der Waals surface area contributed by atoms with E-state index >= 15 is 0 Å². The molecule has 1 atom stereocenters. The van der Waals surface area contributed by atoms with Crippen molar-refractivity contribution in [1.82, 2.24) is 4.72 Å². The molecule has 114 valence electrons. The molecule has 0 aromatic heterocycles. The van der Waals surface area contributed by atoms with Crippen LogP contribution in [0.3, 0.4) is 0 Å². The Hall–Kier alpha value is -1.70. The molecule has 4 bridgehead atoms. The number of carbonyl (C=O) groups is 1. The second-order valence-electron chi connectivity index (χ2n) is 4.81. The average Bonchev–Trinajstić information content (AvgIpc) is 2.52. The first-order valence-corrected chi connectivity index (χ1v) is 8.88. The molecule has 0 saturated carbocycles. The number of Topliss-reactive ketones (excluding diaryl/α,β-unsaturated/α-hetero) is 1. The van der Waals surface area contributed by atoms with Crippen LogP contribution in [0.15, 0.2) is 53.4 Å². The van der Waals surface area contributed by atoms with Gasteiger partial charge in [-0.3, -0.25) is 4.79 Å². The van der Waals surface area contributed by atoms with Crippen LogP contribution in [-0.2, 0) is 16.6 Å². The van der Waals surface area contributed by atoms with Gasteiger partial charge in [-0.1, -0.05) is 28.1 Å². The van der Waals surface area contributed by atoms with Gasteiger partial charge in [0.1, 0.15) is 17.3 Å². The summed E-state index contributed by atoms with van der Waals surface area (Å²) in [5.74, 6) is 0.244. The van der Waals surface area contributed by atoms with Crippen LogP contribution < -0.4 is 9.46 Å². The van der Waals surface area contributed by atoms with E-state index in [4.69, 9.17) is 4.74 Å². The van der Waals surface area contributed by atoms with Crippen molar-refractivity contribution in [2.75, 3.05) is 0 Å². The molecule has 0 amide bonds. The minimum atomic E-state index is -3.80. The van der Waals surface area contributed by atoms with Crippen LogP contribution in [0.25, 0.3) is 0 Å². The number of ether oxygens (including phenoxy) is 1. The van der Waals surface area contributed by atoms with Crippen LogP contribution in [0.4, 0.5) is 0 Å². The van der Waals surface area contributed by atoms with Crippen LogP contribution in [0.5, 0.6) is 5.75 Å². The van der Waals surface area contributed by atoms with Crippen LogP contribution in [0.2, 0.25) is 0 Å². The number of sulfonamides is 1. The highest BCUT2D eigenvalue weighted by atomic mass is 79.9. The van der Waals surface area contributed by atoms with Gasteiger partial charge in [0.15, 0.2) is 5.78 Å². The number of benzene rings is 2. The lowest BCUT2D eigenvalue weighted by Gasteiger charge is -2.12. The Balaban J connectivity index is 2.09. The first-order valence-electron chi connectivity index (χ1n) is 6.48. The summed E-state index contributed by atoms with van der Waals surface area (Å²) in [4.78, 5) is 11.3. The zero-order valence-corrected chi connectivity index (χ0v) is 13.7. The Morgan fingerprint density at radius 3 is 2.59 bits per heavy atom. The molecular weight excluding hydrogens is 370 g/mol. The molecule has 1 N–H and O–H groups in total. The van der Waals surface area contributed by atoms with E-state index < -0.39 is 15.0 Å². The van der Waals surface area contributed by atoms with Crippen LogP contribution >= 0.6 is 15.9 Å². The van der Waals surface area contributed by atoms with Gasteiger partial charge in [0.25, 0.3) is 0 Å². The molecule has 0 fully saturated rings. The predicted molar refractivity (Wildman–Crippen MR) is 84.6 cm³/mol. The van der Waals surface area contributed by atoms with Crippen LogP contribution in [-0.4, -0.2) is 19.2 Å². The fourth-order valence-corrected chi connectivity index (χ4v) is 4.17. The van der Waals surface area contributed by atoms with Gasteiger partial charge in [0.2, 0.25) is 10.0 Å². The molecule has 1 unspecified atom stereocenters. The normalized spacial score (nSPS) is 20.4. The molecule has 7 heteroatoms. The Bertz CT molecular complexity index is 818. The van der Waals surface area contributed by atoms with Gasteiger partial charge in [-0.15, -0.1) is 0 Å². The Labute approximate surface area is 136 Å². The maximum Gasteiger partial charge on any atom is 0.241 e. The third-order valence-corrected chi connectivity index (χ3v) is 5.61. The lowest BCUT2D eigenvalue weighted by Crippen LogP contribution is -2.36. The Morgan fingerprint density at radius 1 is 1.14 bits per heavy atom. The molecule has 0 spiro atoms. The van der Waals surface area contributed by atoms with Crippen molar-refractivity contribution in [2.45, 2.75) is 16.5 Å². The molecule has 2 aliphatic heterocycles. The number of rotatable bonds is 0. The molecular formula is C15H12BrNO4S. The number of alkyl halides is 1. The molecule has 2 heterocycles. The van der Waals surface area contributed by atoms with E-state index in [9.17, 15) is 13.2 Å². The molecule has 0 radical (unpaired) electrons. The quantitative estimate of drug-likeness (QED) is 0.561. The lowest BCUT2D eigenvalue weighted by molar-refractivity contribution is 0.0987. The summed E-state index contributed by atoms with van der Waals surface area (Å²) in [6, 6.07) is 13.0. The molecule has 2 aromatic carbocycles. The molecule has 0 saturated heterocycles. The monoisotopic (exact) mass is 381 g/mol. The fraction of sp³-hybridized carbons (Fsp3) is 0.133. The highest BCUT2D eigenvalue weighted by Gasteiger charge is 2.25. The topological polar surface area (TPSA) is 72.5 Å². The van der Waals surface area contributed by atoms with Crippen LogP contribution in [0, 0.1) is 0 Å². The van der Waals surface area contributed by atoms with E-state index in [1.807, 2.05) is 0 Å². The number of hydrogen-bond donors (Lipinski definition) is 1. The average molecular weight is 382 g/mol. The summed E-state index contributed by atoms with van der Waals surface area (Å²) < 4.78 is 32.6. The van der Waals surface area contributed by atoms with E-state index in [2.05, 4.69) is 20.7 Å². The molecule has 0 aliphatic carbocycles. The predicted octanol–water partition coefficient (Wildman–Crippen LogP) is 2.46. The second kappa shape index (κ2) is 5.83. The standard InChI is InChI=1S/C15H12BrNO4S/c16-15-14(18)11-4-6-12(7-5-11)21-9-10-2-1-3-13(8-10)22(19,20)17-15/h1-8,15,17H,9H2. The maximum absolute atomic E-state index is 12.3. The van der Waals surface area contributed by atoms with E-state index in [-0.39, 0.29) is 17.3 Å². The van der Waals surface area contributed by atoms with Gasteiger partial charge < -0.3 is 4.74 Å². The minimum absolute atomic E-state index is 0.0911. The van der Waals surface area contributed by atoms with Gasteiger partial charge >= 0.3 is 0 Å². The first kappa shape index (κ1) is 15.2. The third kappa shape index (κ3) is 3.06. The maximum atomic E-state index is 12.3. The Morgan fingerprint density at radius 2 is 1.86 bits per heavy atom. The summed E-state index contributed by atoms with van der Waals surface area (Å²) >= 11 is 3.09. The summed E-state index contributed by atoms with van der Waals surface area (Å²) in [6.45, 7) is 0.244. The zero-order chi connectivity index (χ0) is 15.7. The van der Waals surface area contributed by atoms with Gasteiger partial charge in [0.05, 0.1) is 4.90 Å². The SMILES string of the molecule is O=C1c2ccc(cc2)OCc2cccc(c2)S(=O)(=O)NC1Br. The summed E-state index contributed by atoms with van der Waals surface area (Å²) in [5, 5.41) is 0. The highest BCUT2D eigenvalue weighted by Crippen LogP contribution is 2.20. The Kier molecular flexibility index (Phi) is 4.03. The zero-order valence-electron chi connectivity index (χ0n) is 11.3. The smallest absolute Gasteiger partial charge is 0.241 e. The van der Waals surface area contributed by atoms with Crippen molar-refractivity contribution in [3.8, 4) is 5.75 Å². The number of hydrogen-bond acceptors (Lipinski definition) is 4.